The molecule has 0 atom stereocenters. The molecular formula is C14H16N6O3. The molecule has 1 fully saturated rings. The summed E-state index contributed by atoms with van der Waals surface area (Å²) >= 11 is 0. The van der Waals surface area contributed by atoms with E-state index in [4.69, 9.17) is 0 Å². The normalized spacial score (nSPS) is 15.4. The number of hydrogen-bond acceptors (Lipinski definition) is 6. The highest BCUT2D eigenvalue weighted by Crippen LogP contribution is 2.16. The number of amides is 1. The highest BCUT2D eigenvalue weighted by Gasteiger charge is 2.23. The van der Waals surface area contributed by atoms with Crippen LogP contribution in [-0.4, -0.2) is 45.0 Å². The Kier molecular flexibility index (Phi) is 4.18. The van der Waals surface area contributed by atoms with Crippen LogP contribution in [0.1, 0.15) is 23.2 Å². The van der Waals surface area contributed by atoms with Gasteiger partial charge in [-0.05, 0) is 12.8 Å². The SMILES string of the molecule is O=C(NC1CCN(c2cnccn2)CC1)c1c[nH]c(=O)[nH]c1=O. The summed E-state index contributed by atoms with van der Waals surface area (Å²) in [5, 5.41) is 2.82. The molecule has 0 spiro atoms. The van der Waals surface area contributed by atoms with Crippen LogP contribution in [0.2, 0.25) is 0 Å². The van der Waals surface area contributed by atoms with Gasteiger partial charge < -0.3 is 15.2 Å². The van der Waals surface area contributed by atoms with E-state index < -0.39 is 17.2 Å². The van der Waals surface area contributed by atoms with Crippen molar-refractivity contribution in [3.63, 3.8) is 0 Å². The fraction of sp³-hybridized carbons (Fsp3) is 0.357. The first kappa shape index (κ1) is 14.9. The molecule has 2 aromatic heterocycles. The molecule has 3 N–H and O–H groups in total. The average molecular weight is 316 g/mol. The summed E-state index contributed by atoms with van der Waals surface area (Å²) in [5.74, 6) is 0.329. The lowest BCUT2D eigenvalue weighted by molar-refractivity contribution is 0.0929. The molecule has 1 amide bonds. The van der Waals surface area contributed by atoms with Crippen LogP contribution < -0.4 is 21.5 Å². The van der Waals surface area contributed by atoms with E-state index in [1.54, 1.807) is 18.6 Å². The summed E-state index contributed by atoms with van der Waals surface area (Å²) in [4.78, 5) is 49.4. The van der Waals surface area contributed by atoms with Crippen LogP contribution in [0.15, 0.2) is 34.4 Å². The summed E-state index contributed by atoms with van der Waals surface area (Å²) in [6.45, 7) is 1.48. The van der Waals surface area contributed by atoms with Crippen molar-refractivity contribution in [1.82, 2.24) is 25.3 Å². The number of hydrogen-bond donors (Lipinski definition) is 3. The third-order valence-corrected chi connectivity index (χ3v) is 3.77. The Balaban J connectivity index is 1.59. The standard InChI is InChI=1S/C14H16N6O3/c21-12(10-7-17-14(23)19-13(10)22)18-9-1-5-20(6-2-9)11-8-15-3-4-16-11/h3-4,7-9H,1-2,5-6H2,(H,18,21)(H2,17,19,22,23). The quantitative estimate of drug-likeness (QED) is 0.684. The third-order valence-electron chi connectivity index (χ3n) is 3.77. The van der Waals surface area contributed by atoms with Gasteiger partial charge in [0, 0.05) is 37.7 Å². The van der Waals surface area contributed by atoms with Gasteiger partial charge in [0.25, 0.3) is 11.5 Å². The second kappa shape index (κ2) is 6.42. The van der Waals surface area contributed by atoms with Gasteiger partial charge in [-0.25, -0.2) is 9.78 Å². The molecule has 1 saturated heterocycles. The molecule has 0 aromatic carbocycles. The Labute approximate surface area is 130 Å². The molecule has 9 nitrogen and oxygen atoms in total. The minimum absolute atomic E-state index is 0.0262. The lowest BCUT2D eigenvalue weighted by Crippen LogP contribution is -2.46. The minimum Gasteiger partial charge on any atom is -0.355 e. The Hall–Kier alpha value is -2.97. The Morgan fingerprint density at radius 1 is 1.26 bits per heavy atom. The molecule has 1 aliphatic heterocycles. The van der Waals surface area contributed by atoms with Gasteiger partial charge in [-0.2, -0.15) is 0 Å². The van der Waals surface area contributed by atoms with Crippen molar-refractivity contribution >= 4 is 11.7 Å². The fourth-order valence-electron chi connectivity index (χ4n) is 2.55. The molecule has 0 radical (unpaired) electrons. The van der Waals surface area contributed by atoms with Crippen LogP contribution in [0.3, 0.4) is 0 Å². The second-order valence-corrected chi connectivity index (χ2v) is 5.28. The van der Waals surface area contributed by atoms with Crippen LogP contribution in [-0.2, 0) is 0 Å². The largest absolute Gasteiger partial charge is 0.355 e. The zero-order chi connectivity index (χ0) is 16.2. The van der Waals surface area contributed by atoms with E-state index in [-0.39, 0.29) is 11.6 Å². The highest BCUT2D eigenvalue weighted by molar-refractivity contribution is 5.93. The van der Waals surface area contributed by atoms with Gasteiger partial charge in [-0.15, -0.1) is 0 Å². The summed E-state index contributed by atoms with van der Waals surface area (Å²) in [5.41, 5.74) is -1.42. The molecule has 2 aromatic rings. The van der Waals surface area contributed by atoms with Gasteiger partial charge in [0.1, 0.15) is 11.4 Å². The molecule has 0 aliphatic carbocycles. The van der Waals surface area contributed by atoms with E-state index in [0.717, 1.165) is 37.9 Å². The van der Waals surface area contributed by atoms with Crippen LogP contribution in [0.25, 0.3) is 0 Å². The number of H-pyrrole nitrogens is 2. The van der Waals surface area contributed by atoms with E-state index >= 15 is 0 Å². The number of nitrogens with zero attached hydrogens (tertiary/aromatic N) is 3. The topological polar surface area (TPSA) is 124 Å². The molecule has 0 unspecified atom stereocenters. The number of aromatic amines is 2. The van der Waals surface area contributed by atoms with Gasteiger partial charge in [0.05, 0.1) is 6.20 Å². The molecule has 1 aliphatic rings. The van der Waals surface area contributed by atoms with Crippen LogP contribution in [0.4, 0.5) is 5.82 Å². The minimum atomic E-state index is -0.691. The van der Waals surface area contributed by atoms with Crippen LogP contribution >= 0.6 is 0 Å². The monoisotopic (exact) mass is 316 g/mol. The maximum atomic E-state index is 12.1. The Morgan fingerprint density at radius 2 is 2.04 bits per heavy atom. The number of anilines is 1. The van der Waals surface area contributed by atoms with Gasteiger partial charge in [0.15, 0.2) is 0 Å². The zero-order valence-electron chi connectivity index (χ0n) is 12.3. The molecule has 3 rings (SSSR count). The molecule has 9 heteroatoms. The highest BCUT2D eigenvalue weighted by atomic mass is 16.2. The first-order valence-electron chi connectivity index (χ1n) is 7.27. The van der Waals surface area contributed by atoms with E-state index in [1.165, 1.54) is 0 Å². The molecule has 120 valence electrons. The van der Waals surface area contributed by atoms with E-state index in [1.807, 2.05) is 4.98 Å². The van der Waals surface area contributed by atoms with Gasteiger partial charge in [-0.3, -0.25) is 19.6 Å². The lowest BCUT2D eigenvalue weighted by atomic mass is 10.0. The van der Waals surface area contributed by atoms with E-state index in [9.17, 15) is 14.4 Å². The zero-order valence-corrected chi connectivity index (χ0v) is 12.3. The van der Waals surface area contributed by atoms with Crippen LogP contribution in [0, 0.1) is 0 Å². The molecule has 3 heterocycles. The maximum absolute atomic E-state index is 12.1. The summed E-state index contributed by atoms with van der Waals surface area (Å²) < 4.78 is 0. The second-order valence-electron chi connectivity index (χ2n) is 5.28. The van der Waals surface area contributed by atoms with E-state index in [2.05, 4.69) is 25.2 Å². The Bertz CT molecular complexity index is 792. The maximum Gasteiger partial charge on any atom is 0.325 e. The van der Waals surface area contributed by atoms with Crippen molar-refractivity contribution in [2.45, 2.75) is 18.9 Å². The van der Waals surface area contributed by atoms with Gasteiger partial charge in [0.2, 0.25) is 0 Å². The van der Waals surface area contributed by atoms with Crippen molar-refractivity contribution in [3.8, 4) is 0 Å². The number of nitrogens with one attached hydrogen (secondary N) is 3. The number of carbonyl (C=O) groups is 1. The molecule has 0 bridgehead atoms. The van der Waals surface area contributed by atoms with E-state index in [0.29, 0.717) is 0 Å². The van der Waals surface area contributed by atoms with Crippen molar-refractivity contribution in [2.75, 3.05) is 18.0 Å². The summed E-state index contributed by atoms with van der Waals surface area (Å²) in [6.07, 6.45) is 7.58. The summed E-state index contributed by atoms with van der Waals surface area (Å²) in [6, 6.07) is -0.0262. The predicted molar refractivity (Wildman–Crippen MR) is 82.4 cm³/mol. The molecule has 23 heavy (non-hydrogen) atoms. The van der Waals surface area contributed by atoms with Crippen molar-refractivity contribution in [2.24, 2.45) is 0 Å². The van der Waals surface area contributed by atoms with Crippen molar-refractivity contribution in [1.29, 1.82) is 0 Å². The molecular weight excluding hydrogens is 300 g/mol. The smallest absolute Gasteiger partial charge is 0.325 e. The van der Waals surface area contributed by atoms with Crippen molar-refractivity contribution < 1.29 is 4.79 Å². The first-order valence-corrected chi connectivity index (χ1v) is 7.27. The molecule has 0 saturated carbocycles. The number of aromatic nitrogens is 4. The van der Waals surface area contributed by atoms with Crippen LogP contribution in [0.5, 0.6) is 0 Å². The predicted octanol–water partition coefficient (Wildman–Crippen LogP) is -0.748. The van der Waals surface area contributed by atoms with Gasteiger partial charge in [-0.1, -0.05) is 0 Å². The fourth-order valence-corrected chi connectivity index (χ4v) is 2.55. The number of piperidine rings is 1. The average Bonchev–Trinajstić information content (AvgIpc) is 2.56. The van der Waals surface area contributed by atoms with Crippen molar-refractivity contribution in [3.05, 3.63) is 51.2 Å². The lowest BCUT2D eigenvalue weighted by Gasteiger charge is -2.32. The first-order chi connectivity index (χ1) is 11.1. The number of carbonyl (C=O) groups excluding carboxylic acids is 1. The van der Waals surface area contributed by atoms with Gasteiger partial charge >= 0.3 is 5.69 Å². The Morgan fingerprint density at radius 3 is 2.70 bits per heavy atom. The summed E-state index contributed by atoms with van der Waals surface area (Å²) in [7, 11) is 0. The third kappa shape index (κ3) is 3.44. The number of rotatable bonds is 3.